The van der Waals surface area contributed by atoms with Crippen LogP contribution in [0, 0.1) is 11.8 Å². The van der Waals surface area contributed by atoms with Crippen molar-refractivity contribution in [2.24, 2.45) is 17.6 Å². The zero-order chi connectivity index (χ0) is 12.3. The summed E-state index contributed by atoms with van der Waals surface area (Å²) >= 11 is 0. The highest BCUT2D eigenvalue weighted by Crippen LogP contribution is 2.30. The van der Waals surface area contributed by atoms with Crippen LogP contribution in [0.3, 0.4) is 0 Å². The Kier molecular flexibility index (Phi) is 4.78. The molecule has 1 fully saturated rings. The summed E-state index contributed by atoms with van der Waals surface area (Å²) < 4.78 is 0. The molecule has 94 valence electrons. The minimum Gasteiger partial charge on any atom is -0.343 e. The zero-order valence-electron chi connectivity index (χ0n) is 11.1. The lowest BCUT2D eigenvalue weighted by atomic mass is 9.77. The molecule has 0 radical (unpaired) electrons. The molecule has 3 nitrogen and oxygen atoms in total. The van der Waals surface area contributed by atoms with Gasteiger partial charge in [0.15, 0.2) is 0 Å². The first-order chi connectivity index (χ1) is 7.47. The van der Waals surface area contributed by atoms with E-state index >= 15 is 0 Å². The van der Waals surface area contributed by atoms with E-state index in [-0.39, 0.29) is 17.9 Å². The van der Waals surface area contributed by atoms with Crippen LogP contribution in [0.25, 0.3) is 0 Å². The second-order valence-electron chi connectivity index (χ2n) is 5.36. The van der Waals surface area contributed by atoms with Gasteiger partial charge in [-0.05, 0) is 38.5 Å². The van der Waals surface area contributed by atoms with Crippen molar-refractivity contribution in [3.63, 3.8) is 0 Å². The maximum atomic E-state index is 12.3. The Hall–Kier alpha value is -0.570. The quantitative estimate of drug-likeness (QED) is 0.800. The summed E-state index contributed by atoms with van der Waals surface area (Å²) in [6, 6.07) is 0.549. The summed E-state index contributed by atoms with van der Waals surface area (Å²) in [6.07, 6.45) is 4.03. The van der Waals surface area contributed by atoms with Crippen LogP contribution in [0.1, 0.15) is 46.5 Å². The Morgan fingerprint density at radius 3 is 2.69 bits per heavy atom. The third-order valence-electron chi connectivity index (χ3n) is 4.15. The lowest BCUT2D eigenvalue weighted by molar-refractivity contribution is -0.139. The Morgan fingerprint density at radius 1 is 1.50 bits per heavy atom. The Balaban J connectivity index is 2.64. The topological polar surface area (TPSA) is 46.3 Å². The smallest absolute Gasteiger partial charge is 0.225 e. The Labute approximate surface area is 99.4 Å². The van der Waals surface area contributed by atoms with Gasteiger partial charge in [0.1, 0.15) is 0 Å². The van der Waals surface area contributed by atoms with Gasteiger partial charge < -0.3 is 10.6 Å². The lowest BCUT2D eigenvalue weighted by Gasteiger charge is -2.36. The van der Waals surface area contributed by atoms with Crippen molar-refractivity contribution in [3.05, 3.63) is 0 Å². The Bertz CT molecular complexity index is 242. The summed E-state index contributed by atoms with van der Waals surface area (Å²) in [5.74, 6) is 0.915. The number of nitrogens with zero attached hydrogens (tertiary/aromatic N) is 1. The number of hydrogen-bond donors (Lipinski definition) is 1. The molecule has 4 unspecified atom stereocenters. The van der Waals surface area contributed by atoms with Crippen LogP contribution >= 0.6 is 0 Å². The summed E-state index contributed by atoms with van der Waals surface area (Å²) in [4.78, 5) is 14.2. The summed E-state index contributed by atoms with van der Waals surface area (Å²) in [7, 11) is 1.92. The fraction of sp³-hybridized carbons (Fsp3) is 0.923. The van der Waals surface area contributed by atoms with Gasteiger partial charge in [0.2, 0.25) is 5.91 Å². The molecule has 0 aromatic rings. The molecule has 4 atom stereocenters. The molecule has 0 heterocycles. The molecule has 0 aliphatic heterocycles. The van der Waals surface area contributed by atoms with Crippen LogP contribution in [0.4, 0.5) is 0 Å². The van der Waals surface area contributed by atoms with Crippen LogP contribution < -0.4 is 5.73 Å². The minimum absolute atomic E-state index is 0.141. The third kappa shape index (κ3) is 2.97. The van der Waals surface area contributed by atoms with Crippen LogP contribution in [0.15, 0.2) is 0 Å². The SMILES string of the molecule is CCC(C)N(C)C(=O)C1CC(N)CCC1C. The molecular weight excluding hydrogens is 200 g/mol. The first kappa shape index (κ1) is 13.5. The van der Waals surface area contributed by atoms with E-state index in [1.165, 1.54) is 0 Å². The summed E-state index contributed by atoms with van der Waals surface area (Å²) in [6.45, 7) is 6.40. The van der Waals surface area contributed by atoms with Crippen LogP contribution in [0.2, 0.25) is 0 Å². The highest BCUT2D eigenvalue weighted by molar-refractivity contribution is 5.79. The molecule has 0 aromatic carbocycles. The van der Waals surface area contributed by atoms with Crippen molar-refractivity contribution < 1.29 is 4.79 Å². The predicted octanol–water partition coefficient (Wildman–Crippen LogP) is 2.01. The van der Waals surface area contributed by atoms with Gasteiger partial charge in [-0.2, -0.15) is 0 Å². The molecule has 1 rings (SSSR count). The fourth-order valence-electron chi connectivity index (χ4n) is 2.45. The first-order valence-corrected chi connectivity index (χ1v) is 6.49. The van der Waals surface area contributed by atoms with E-state index in [0.717, 1.165) is 25.7 Å². The molecule has 16 heavy (non-hydrogen) atoms. The number of nitrogens with two attached hydrogens (primary N) is 1. The highest BCUT2D eigenvalue weighted by atomic mass is 16.2. The standard InChI is InChI=1S/C13H26N2O/c1-5-10(3)15(4)13(16)12-8-11(14)7-6-9(12)2/h9-12H,5-8,14H2,1-4H3. The van der Waals surface area contributed by atoms with E-state index in [4.69, 9.17) is 5.73 Å². The zero-order valence-corrected chi connectivity index (χ0v) is 11.1. The monoisotopic (exact) mass is 226 g/mol. The molecule has 1 aliphatic carbocycles. The van der Waals surface area contributed by atoms with Gasteiger partial charge >= 0.3 is 0 Å². The van der Waals surface area contributed by atoms with Crippen molar-refractivity contribution in [1.82, 2.24) is 4.90 Å². The van der Waals surface area contributed by atoms with Crippen molar-refractivity contribution in [2.45, 2.75) is 58.5 Å². The number of amides is 1. The third-order valence-corrected chi connectivity index (χ3v) is 4.15. The van der Waals surface area contributed by atoms with E-state index in [1.807, 2.05) is 11.9 Å². The summed E-state index contributed by atoms with van der Waals surface area (Å²) in [5, 5.41) is 0. The second kappa shape index (κ2) is 5.67. The number of carbonyl (C=O) groups is 1. The van der Waals surface area contributed by atoms with E-state index in [2.05, 4.69) is 20.8 Å². The van der Waals surface area contributed by atoms with Gasteiger partial charge in [-0.1, -0.05) is 13.8 Å². The highest BCUT2D eigenvalue weighted by Gasteiger charge is 2.33. The minimum atomic E-state index is 0.141. The maximum Gasteiger partial charge on any atom is 0.225 e. The number of hydrogen-bond acceptors (Lipinski definition) is 2. The van der Waals surface area contributed by atoms with E-state index in [0.29, 0.717) is 12.0 Å². The molecule has 0 saturated heterocycles. The molecule has 1 saturated carbocycles. The van der Waals surface area contributed by atoms with Gasteiger partial charge in [-0.15, -0.1) is 0 Å². The van der Waals surface area contributed by atoms with Crippen molar-refractivity contribution in [1.29, 1.82) is 0 Å². The van der Waals surface area contributed by atoms with Crippen molar-refractivity contribution in [2.75, 3.05) is 7.05 Å². The Morgan fingerprint density at radius 2 is 2.12 bits per heavy atom. The van der Waals surface area contributed by atoms with E-state index in [1.54, 1.807) is 0 Å². The van der Waals surface area contributed by atoms with Gasteiger partial charge in [0, 0.05) is 25.0 Å². The number of rotatable bonds is 3. The molecule has 0 aromatic heterocycles. The van der Waals surface area contributed by atoms with E-state index in [9.17, 15) is 4.79 Å². The molecular formula is C13H26N2O. The largest absolute Gasteiger partial charge is 0.343 e. The molecule has 2 N–H and O–H groups in total. The molecule has 0 bridgehead atoms. The van der Waals surface area contributed by atoms with Gasteiger partial charge in [-0.3, -0.25) is 4.79 Å². The first-order valence-electron chi connectivity index (χ1n) is 6.49. The molecule has 3 heteroatoms. The average molecular weight is 226 g/mol. The fourth-order valence-corrected chi connectivity index (χ4v) is 2.45. The maximum absolute atomic E-state index is 12.3. The summed E-state index contributed by atoms with van der Waals surface area (Å²) in [5.41, 5.74) is 5.96. The van der Waals surface area contributed by atoms with Crippen LogP contribution in [-0.4, -0.2) is 29.9 Å². The van der Waals surface area contributed by atoms with Gasteiger partial charge in [0.05, 0.1) is 0 Å². The normalized spacial score (nSPS) is 32.2. The van der Waals surface area contributed by atoms with Gasteiger partial charge in [0.25, 0.3) is 0 Å². The molecule has 1 aliphatic rings. The predicted molar refractivity (Wildman–Crippen MR) is 67.0 cm³/mol. The van der Waals surface area contributed by atoms with Gasteiger partial charge in [-0.25, -0.2) is 0 Å². The number of carbonyl (C=O) groups excluding carboxylic acids is 1. The van der Waals surface area contributed by atoms with Crippen LogP contribution in [0.5, 0.6) is 0 Å². The van der Waals surface area contributed by atoms with Crippen LogP contribution in [-0.2, 0) is 4.79 Å². The van der Waals surface area contributed by atoms with Crippen molar-refractivity contribution in [3.8, 4) is 0 Å². The molecule has 0 spiro atoms. The lowest BCUT2D eigenvalue weighted by Crippen LogP contribution is -2.45. The average Bonchev–Trinajstić information content (AvgIpc) is 2.29. The van der Waals surface area contributed by atoms with E-state index < -0.39 is 0 Å². The second-order valence-corrected chi connectivity index (χ2v) is 5.36. The molecule has 1 amide bonds. The van der Waals surface area contributed by atoms with Crippen molar-refractivity contribution >= 4 is 5.91 Å².